The van der Waals surface area contributed by atoms with E-state index in [9.17, 15) is 0 Å². The Labute approximate surface area is 101 Å². The summed E-state index contributed by atoms with van der Waals surface area (Å²) in [5, 5.41) is 11.9. The fraction of sp³-hybridized carbons (Fsp3) is 0.500. The number of rotatable bonds is 5. The van der Waals surface area contributed by atoms with E-state index < -0.39 is 0 Å². The van der Waals surface area contributed by atoms with Crippen LogP contribution in [0.4, 0.5) is 0 Å². The molecule has 0 aliphatic heterocycles. The Morgan fingerprint density at radius 2 is 2.12 bits per heavy atom. The van der Waals surface area contributed by atoms with Crippen molar-refractivity contribution in [1.82, 2.24) is 24.9 Å². The van der Waals surface area contributed by atoms with Crippen LogP contribution >= 0.6 is 0 Å². The van der Waals surface area contributed by atoms with Crippen molar-refractivity contribution >= 4 is 0 Å². The summed E-state index contributed by atoms with van der Waals surface area (Å²) in [4.78, 5) is 0. The van der Waals surface area contributed by atoms with Crippen molar-refractivity contribution < 1.29 is 0 Å². The lowest BCUT2D eigenvalue weighted by atomic mass is 10.2. The molecule has 0 bridgehead atoms. The monoisotopic (exact) mass is 233 g/mol. The summed E-state index contributed by atoms with van der Waals surface area (Å²) in [5.74, 6) is 0. The predicted molar refractivity (Wildman–Crippen MR) is 66.7 cm³/mol. The number of aryl methyl sites for hydroxylation is 3. The van der Waals surface area contributed by atoms with Crippen molar-refractivity contribution in [1.29, 1.82) is 0 Å². The smallest absolute Gasteiger partial charge is 0.0641 e. The minimum Gasteiger partial charge on any atom is -0.316 e. The summed E-state index contributed by atoms with van der Waals surface area (Å²) in [6.07, 6.45) is 3.77. The van der Waals surface area contributed by atoms with E-state index in [1.807, 2.05) is 24.0 Å². The highest BCUT2D eigenvalue weighted by molar-refractivity contribution is 5.24. The number of hydrogen-bond acceptors (Lipinski definition) is 3. The van der Waals surface area contributed by atoms with Gasteiger partial charge in [-0.2, -0.15) is 10.2 Å². The normalized spacial score (nSPS) is 11.0. The molecular weight excluding hydrogens is 214 g/mol. The molecule has 2 heterocycles. The maximum atomic E-state index is 4.56. The van der Waals surface area contributed by atoms with Gasteiger partial charge in [0.05, 0.1) is 18.8 Å². The van der Waals surface area contributed by atoms with E-state index in [2.05, 4.69) is 34.0 Å². The molecule has 92 valence electrons. The van der Waals surface area contributed by atoms with Crippen LogP contribution in [0.3, 0.4) is 0 Å². The Kier molecular flexibility index (Phi) is 3.58. The van der Waals surface area contributed by atoms with Crippen LogP contribution in [-0.2, 0) is 19.6 Å². The highest BCUT2D eigenvalue weighted by atomic mass is 15.3. The molecule has 0 aliphatic carbocycles. The largest absolute Gasteiger partial charge is 0.316 e. The Hall–Kier alpha value is -1.62. The van der Waals surface area contributed by atoms with Crippen molar-refractivity contribution in [2.24, 2.45) is 0 Å². The molecule has 17 heavy (non-hydrogen) atoms. The molecule has 0 atom stereocenters. The summed E-state index contributed by atoms with van der Waals surface area (Å²) in [5.41, 5.74) is 3.65. The summed E-state index contributed by atoms with van der Waals surface area (Å²) in [6, 6.07) is 1.94. The summed E-state index contributed by atoms with van der Waals surface area (Å²) >= 11 is 0. The molecule has 5 heteroatoms. The van der Waals surface area contributed by atoms with Gasteiger partial charge in [0.25, 0.3) is 0 Å². The van der Waals surface area contributed by atoms with E-state index in [-0.39, 0.29) is 0 Å². The van der Waals surface area contributed by atoms with E-state index in [1.165, 1.54) is 11.3 Å². The topological polar surface area (TPSA) is 47.7 Å². The maximum absolute atomic E-state index is 4.56. The molecule has 2 rings (SSSR count). The predicted octanol–water partition coefficient (Wildman–Crippen LogP) is 1.12. The van der Waals surface area contributed by atoms with E-state index in [1.54, 1.807) is 6.20 Å². The molecule has 0 amide bonds. The Morgan fingerprint density at radius 3 is 2.76 bits per heavy atom. The lowest BCUT2D eigenvalue weighted by molar-refractivity contribution is 0.490. The van der Waals surface area contributed by atoms with Crippen molar-refractivity contribution in [2.45, 2.75) is 33.5 Å². The summed E-state index contributed by atoms with van der Waals surface area (Å²) < 4.78 is 3.98. The fourth-order valence-electron chi connectivity index (χ4n) is 2.01. The lowest BCUT2D eigenvalue weighted by Gasteiger charge is -2.05. The van der Waals surface area contributed by atoms with Crippen molar-refractivity contribution in [2.75, 3.05) is 7.05 Å². The number of nitrogens with one attached hydrogen (secondary N) is 1. The number of hydrogen-bond donors (Lipinski definition) is 1. The van der Waals surface area contributed by atoms with Crippen molar-refractivity contribution in [3.8, 4) is 0 Å². The first-order chi connectivity index (χ1) is 8.22. The van der Waals surface area contributed by atoms with Crippen LogP contribution < -0.4 is 5.32 Å². The van der Waals surface area contributed by atoms with Crippen LogP contribution in [-0.4, -0.2) is 26.6 Å². The summed E-state index contributed by atoms with van der Waals surface area (Å²) in [6.45, 7) is 6.77. The molecule has 2 aromatic heterocycles. The molecule has 0 spiro atoms. The fourth-order valence-corrected chi connectivity index (χ4v) is 2.01. The molecule has 0 fully saturated rings. The molecule has 0 radical (unpaired) electrons. The first-order valence-corrected chi connectivity index (χ1v) is 5.87. The zero-order valence-electron chi connectivity index (χ0n) is 10.6. The highest BCUT2D eigenvalue weighted by Gasteiger charge is 2.10. The van der Waals surface area contributed by atoms with Crippen molar-refractivity contribution in [3.05, 3.63) is 35.4 Å². The third-order valence-corrected chi connectivity index (χ3v) is 2.98. The van der Waals surface area contributed by atoms with Gasteiger partial charge in [0.15, 0.2) is 0 Å². The number of aromatic nitrogens is 4. The second kappa shape index (κ2) is 5.14. The molecule has 0 saturated heterocycles. The number of nitrogens with zero attached hydrogens (tertiary/aromatic N) is 4. The van der Waals surface area contributed by atoms with E-state index >= 15 is 0 Å². The van der Waals surface area contributed by atoms with E-state index in [0.717, 1.165) is 25.3 Å². The average molecular weight is 233 g/mol. The van der Waals surface area contributed by atoms with Gasteiger partial charge in [0.2, 0.25) is 0 Å². The highest BCUT2D eigenvalue weighted by Crippen LogP contribution is 2.12. The van der Waals surface area contributed by atoms with Gasteiger partial charge in [-0.15, -0.1) is 0 Å². The third-order valence-electron chi connectivity index (χ3n) is 2.98. The Bertz CT molecular complexity index is 469. The van der Waals surface area contributed by atoms with Crippen LogP contribution in [0.1, 0.15) is 17.0 Å². The maximum Gasteiger partial charge on any atom is 0.0641 e. The first-order valence-electron chi connectivity index (χ1n) is 5.87. The second-order valence-electron chi connectivity index (χ2n) is 4.17. The van der Waals surface area contributed by atoms with Crippen LogP contribution in [0.5, 0.6) is 0 Å². The van der Waals surface area contributed by atoms with Gasteiger partial charge in [-0.3, -0.25) is 9.36 Å². The summed E-state index contributed by atoms with van der Waals surface area (Å²) in [7, 11) is 1.96. The minimum atomic E-state index is 0.855. The zero-order valence-corrected chi connectivity index (χ0v) is 10.6. The molecule has 0 unspecified atom stereocenters. The van der Waals surface area contributed by atoms with Crippen LogP contribution in [0.2, 0.25) is 0 Å². The Balaban J connectivity index is 2.08. The standard InChI is InChI=1S/C12H19N5/c1-10-12(9-13-3)11(2)17(15-10)8-7-16-6-4-5-14-16/h4-6,13H,7-9H2,1-3H3. The van der Waals surface area contributed by atoms with Gasteiger partial charge >= 0.3 is 0 Å². The van der Waals surface area contributed by atoms with E-state index in [0.29, 0.717) is 0 Å². The Morgan fingerprint density at radius 1 is 1.29 bits per heavy atom. The molecule has 5 nitrogen and oxygen atoms in total. The molecule has 2 aromatic rings. The zero-order chi connectivity index (χ0) is 12.3. The average Bonchev–Trinajstić information content (AvgIpc) is 2.90. The molecule has 1 N–H and O–H groups in total. The van der Waals surface area contributed by atoms with Crippen LogP contribution in [0, 0.1) is 13.8 Å². The SMILES string of the molecule is CNCc1c(C)nn(CCn2cccn2)c1C. The van der Waals surface area contributed by atoms with Gasteiger partial charge < -0.3 is 5.32 Å². The lowest BCUT2D eigenvalue weighted by Crippen LogP contribution is -2.11. The van der Waals surface area contributed by atoms with Crippen molar-refractivity contribution in [3.63, 3.8) is 0 Å². The second-order valence-corrected chi connectivity index (χ2v) is 4.17. The van der Waals surface area contributed by atoms with Gasteiger partial charge in [0, 0.05) is 30.2 Å². The molecular formula is C12H19N5. The van der Waals surface area contributed by atoms with Crippen LogP contribution in [0.25, 0.3) is 0 Å². The first kappa shape index (κ1) is 11.9. The van der Waals surface area contributed by atoms with Crippen LogP contribution in [0.15, 0.2) is 18.5 Å². The van der Waals surface area contributed by atoms with E-state index in [4.69, 9.17) is 0 Å². The van der Waals surface area contributed by atoms with Gasteiger partial charge in [-0.1, -0.05) is 0 Å². The quantitative estimate of drug-likeness (QED) is 0.841. The van der Waals surface area contributed by atoms with Gasteiger partial charge in [0.1, 0.15) is 0 Å². The van der Waals surface area contributed by atoms with Gasteiger partial charge in [-0.25, -0.2) is 0 Å². The molecule has 0 saturated carbocycles. The molecule has 0 aromatic carbocycles. The molecule has 0 aliphatic rings. The minimum absolute atomic E-state index is 0.855. The third kappa shape index (κ3) is 2.55. The van der Waals surface area contributed by atoms with Gasteiger partial charge in [-0.05, 0) is 27.0 Å².